The fraction of sp³-hybridized carbons (Fsp3) is 0.692. The van der Waals surface area contributed by atoms with Gasteiger partial charge in [0.1, 0.15) is 0 Å². The number of hydrogen-bond donors (Lipinski definition) is 1. The first-order valence-electron chi connectivity index (χ1n) is 6.32. The van der Waals surface area contributed by atoms with E-state index in [1.54, 1.807) is 4.88 Å². The summed E-state index contributed by atoms with van der Waals surface area (Å²) in [5.41, 5.74) is 1.44. The predicted octanol–water partition coefficient (Wildman–Crippen LogP) is 1.56. The number of aryl methyl sites for hydroxylation is 1. The van der Waals surface area contributed by atoms with E-state index in [0.717, 1.165) is 32.7 Å². The molecule has 0 saturated carbocycles. The minimum atomic E-state index is 0.562. The van der Waals surface area contributed by atoms with Crippen LogP contribution in [0.5, 0.6) is 0 Å². The Morgan fingerprint density at radius 2 is 2.12 bits per heavy atom. The molecule has 1 aromatic heterocycles. The Morgan fingerprint density at radius 3 is 2.65 bits per heavy atom. The monoisotopic (exact) mass is 253 g/mol. The molecule has 17 heavy (non-hydrogen) atoms. The lowest BCUT2D eigenvalue weighted by Gasteiger charge is -2.36. The molecule has 1 aliphatic heterocycles. The van der Waals surface area contributed by atoms with Crippen molar-refractivity contribution in [3.63, 3.8) is 0 Å². The number of rotatable bonds is 4. The second-order valence-corrected chi connectivity index (χ2v) is 5.98. The van der Waals surface area contributed by atoms with E-state index in [9.17, 15) is 0 Å². The highest BCUT2D eigenvalue weighted by molar-refractivity contribution is 7.10. The van der Waals surface area contributed by atoms with Crippen LogP contribution in [0.2, 0.25) is 0 Å². The van der Waals surface area contributed by atoms with Crippen molar-refractivity contribution in [3.05, 3.63) is 21.9 Å². The van der Waals surface area contributed by atoms with Crippen molar-refractivity contribution >= 4 is 11.3 Å². The fourth-order valence-corrected chi connectivity index (χ4v) is 3.48. The summed E-state index contributed by atoms with van der Waals surface area (Å²) in [5, 5.41) is 5.65. The highest BCUT2D eigenvalue weighted by atomic mass is 32.1. The lowest BCUT2D eigenvalue weighted by atomic mass is 10.1. The van der Waals surface area contributed by atoms with Crippen molar-refractivity contribution in [3.8, 4) is 0 Å². The summed E-state index contributed by atoms with van der Waals surface area (Å²) in [5.74, 6) is 0. The molecule has 1 unspecified atom stereocenters. The van der Waals surface area contributed by atoms with E-state index in [1.807, 2.05) is 11.3 Å². The summed E-state index contributed by atoms with van der Waals surface area (Å²) in [6.07, 6.45) is 0. The molecule has 0 radical (unpaired) electrons. The van der Waals surface area contributed by atoms with Gasteiger partial charge in [-0.1, -0.05) is 0 Å². The standard InChI is InChI=1S/C13H23N3S/c1-11-4-9-17-13(11)12(10-15(2)3)16-7-5-14-6-8-16/h4,9,12,14H,5-8,10H2,1-3H3. The van der Waals surface area contributed by atoms with Crippen LogP contribution in [0.1, 0.15) is 16.5 Å². The van der Waals surface area contributed by atoms with Crippen LogP contribution >= 0.6 is 11.3 Å². The smallest absolute Gasteiger partial charge is 0.0572 e. The number of nitrogens with one attached hydrogen (secondary N) is 1. The molecule has 1 atom stereocenters. The minimum Gasteiger partial charge on any atom is -0.314 e. The van der Waals surface area contributed by atoms with Crippen LogP contribution in [0.25, 0.3) is 0 Å². The van der Waals surface area contributed by atoms with Crippen LogP contribution in [0.3, 0.4) is 0 Å². The van der Waals surface area contributed by atoms with Gasteiger partial charge in [0, 0.05) is 37.6 Å². The first-order chi connectivity index (χ1) is 8.18. The third-order valence-corrected chi connectivity index (χ3v) is 4.45. The lowest BCUT2D eigenvalue weighted by molar-refractivity contribution is 0.146. The van der Waals surface area contributed by atoms with Gasteiger partial charge < -0.3 is 10.2 Å². The van der Waals surface area contributed by atoms with E-state index < -0.39 is 0 Å². The topological polar surface area (TPSA) is 18.5 Å². The number of thiophene rings is 1. The van der Waals surface area contributed by atoms with E-state index in [2.05, 4.69) is 47.6 Å². The first-order valence-corrected chi connectivity index (χ1v) is 7.20. The van der Waals surface area contributed by atoms with Gasteiger partial charge in [-0.2, -0.15) is 0 Å². The molecule has 0 amide bonds. The Bertz CT molecular complexity index is 342. The zero-order chi connectivity index (χ0) is 12.3. The lowest BCUT2D eigenvalue weighted by Crippen LogP contribution is -2.47. The molecule has 1 N–H and O–H groups in total. The average Bonchev–Trinajstić information content (AvgIpc) is 2.73. The van der Waals surface area contributed by atoms with Crippen molar-refractivity contribution in [2.75, 3.05) is 46.8 Å². The molecular weight excluding hydrogens is 230 g/mol. The van der Waals surface area contributed by atoms with Gasteiger partial charge >= 0.3 is 0 Å². The normalized spacial score (nSPS) is 19.8. The maximum Gasteiger partial charge on any atom is 0.0572 e. The molecule has 1 saturated heterocycles. The number of hydrogen-bond acceptors (Lipinski definition) is 4. The number of nitrogens with zero attached hydrogens (tertiary/aromatic N) is 2. The van der Waals surface area contributed by atoms with Crippen LogP contribution in [0.4, 0.5) is 0 Å². The Morgan fingerprint density at radius 1 is 1.41 bits per heavy atom. The minimum absolute atomic E-state index is 0.562. The third-order valence-electron chi connectivity index (χ3n) is 3.33. The van der Waals surface area contributed by atoms with Crippen LogP contribution in [-0.2, 0) is 0 Å². The molecule has 2 rings (SSSR count). The van der Waals surface area contributed by atoms with Gasteiger partial charge in [0.05, 0.1) is 6.04 Å². The third kappa shape index (κ3) is 3.28. The first kappa shape index (κ1) is 13.0. The summed E-state index contributed by atoms with van der Waals surface area (Å²) in [7, 11) is 4.33. The van der Waals surface area contributed by atoms with Crippen LogP contribution in [0, 0.1) is 6.92 Å². The number of piperazine rings is 1. The highest BCUT2D eigenvalue weighted by Gasteiger charge is 2.24. The second kappa shape index (κ2) is 5.96. The predicted molar refractivity (Wildman–Crippen MR) is 74.8 cm³/mol. The van der Waals surface area contributed by atoms with Crippen molar-refractivity contribution < 1.29 is 0 Å². The summed E-state index contributed by atoms with van der Waals surface area (Å²) in [4.78, 5) is 6.46. The molecule has 96 valence electrons. The molecule has 1 fully saturated rings. The molecule has 3 nitrogen and oxygen atoms in total. The molecular formula is C13H23N3S. The Balaban J connectivity index is 2.15. The van der Waals surface area contributed by atoms with Crippen LogP contribution in [-0.4, -0.2) is 56.6 Å². The maximum absolute atomic E-state index is 3.43. The molecule has 4 heteroatoms. The molecule has 2 heterocycles. The van der Waals surface area contributed by atoms with Crippen molar-refractivity contribution in [1.82, 2.24) is 15.1 Å². The molecule has 0 bridgehead atoms. The summed E-state index contributed by atoms with van der Waals surface area (Å²) < 4.78 is 0. The van der Waals surface area contributed by atoms with Gasteiger partial charge in [0.2, 0.25) is 0 Å². The van der Waals surface area contributed by atoms with Crippen LogP contribution in [0.15, 0.2) is 11.4 Å². The van der Waals surface area contributed by atoms with E-state index in [4.69, 9.17) is 0 Å². The van der Waals surface area contributed by atoms with Crippen molar-refractivity contribution in [2.24, 2.45) is 0 Å². The average molecular weight is 253 g/mol. The highest BCUT2D eigenvalue weighted by Crippen LogP contribution is 2.29. The number of likely N-dealkylation sites (N-methyl/N-ethyl adjacent to an activating group) is 1. The Hall–Kier alpha value is -0.420. The van der Waals surface area contributed by atoms with Gasteiger partial charge in [-0.05, 0) is 38.0 Å². The molecule has 1 aromatic rings. The summed E-state index contributed by atoms with van der Waals surface area (Å²) >= 11 is 1.90. The largest absolute Gasteiger partial charge is 0.314 e. The molecule has 0 spiro atoms. The molecule has 0 aliphatic carbocycles. The molecule has 1 aliphatic rings. The zero-order valence-corrected chi connectivity index (χ0v) is 11.9. The van der Waals surface area contributed by atoms with E-state index in [1.165, 1.54) is 5.56 Å². The van der Waals surface area contributed by atoms with Gasteiger partial charge in [0.25, 0.3) is 0 Å². The Labute approximate surface area is 108 Å². The summed E-state index contributed by atoms with van der Waals surface area (Å²) in [6.45, 7) is 7.91. The summed E-state index contributed by atoms with van der Waals surface area (Å²) in [6, 6.07) is 2.80. The van der Waals surface area contributed by atoms with Gasteiger partial charge in [-0.15, -0.1) is 11.3 Å². The van der Waals surface area contributed by atoms with E-state index >= 15 is 0 Å². The van der Waals surface area contributed by atoms with Crippen molar-refractivity contribution in [1.29, 1.82) is 0 Å². The van der Waals surface area contributed by atoms with E-state index in [-0.39, 0.29) is 0 Å². The van der Waals surface area contributed by atoms with Gasteiger partial charge in [-0.25, -0.2) is 0 Å². The SMILES string of the molecule is Cc1ccsc1C(CN(C)C)N1CCNCC1. The Kier molecular flexibility index (Phi) is 4.56. The van der Waals surface area contributed by atoms with Crippen molar-refractivity contribution in [2.45, 2.75) is 13.0 Å². The van der Waals surface area contributed by atoms with Crippen LogP contribution < -0.4 is 5.32 Å². The fourth-order valence-electron chi connectivity index (χ4n) is 2.43. The maximum atomic E-state index is 3.43. The van der Waals surface area contributed by atoms with Gasteiger partial charge in [-0.3, -0.25) is 4.90 Å². The van der Waals surface area contributed by atoms with E-state index in [0.29, 0.717) is 6.04 Å². The molecule has 0 aromatic carbocycles. The van der Waals surface area contributed by atoms with Gasteiger partial charge in [0.15, 0.2) is 0 Å². The quantitative estimate of drug-likeness (QED) is 0.878. The second-order valence-electron chi connectivity index (χ2n) is 5.03. The zero-order valence-electron chi connectivity index (χ0n) is 11.1.